The van der Waals surface area contributed by atoms with Crippen molar-refractivity contribution in [2.75, 3.05) is 45.1 Å². The fourth-order valence-corrected chi connectivity index (χ4v) is 4.41. The smallest absolute Gasteiger partial charge is 0.215 e. The lowest BCUT2D eigenvalue weighted by atomic mass is 10.1. The van der Waals surface area contributed by atoms with Crippen LogP contribution in [0.3, 0.4) is 0 Å². The maximum Gasteiger partial charge on any atom is 0.215 e. The van der Waals surface area contributed by atoms with Gasteiger partial charge in [-0.25, -0.2) is 9.98 Å². The van der Waals surface area contributed by atoms with Crippen LogP contribution in [0.2, 0.25) is 10.0 Å². The molecule has 10 nitrogen and oxygen atoms in total. The number of nitrogens with zero attached hydrogens (tertiary/aromatic N) is 3. The highest BCUT2D eigenvalue weighted by Crippen LogP contribution is 2.41. The number of hydrogen-bond donors (Lipinski definition) is 2. The maximum atomic E-state index is 12.2. The van der Waals surface area contributed by atoms with E-state index < -0.39 is 0 Å². The molecule has 0 saturated heterocycles. The van der Waals surface area contributed by atoms with Crippen molar-refractivity contribution in [3.05, 3.63) is 63.3 Å². The lowest BCUT2D eigenvalue weighted by Gasteiger charge is -2.23. The molecule has 0 bridgehead atoms. The average Bonchev–Trinajstić information content (AvgIpc) is 2.92. The third kappa shape index (κ3) is 6.78. The van der Waals surface area contributed by atoms with Crippen molar-refractivity contribution in [1.29, 1.82) is 0 Å². The van der Waals surface area contributed by atoms with E-state index in [2.05, 4.69) is 15.6 Å². The fraction of sp³-hybridized carbons (Fsp3) is 0.259. The zero-order valence-corrected chi connectivity index (χ0v) is 23.7. The number of hydrogen-bond acceptors (Lipinski definition) is 8. The summed E-state index contributed by atoms with van der Waals surface area (Å²) >= 11 is 13.3. The molecule has 0 saturated carbocycles. The van der Waals surface area contributed by atoms with Gasteiger partial charge in [-0.15, -0.1) is 0 Å². The Balaban J connectivity index is 2.14. The van der Waals surface area contributed by atoms with Gasteiger partial charge in [0.05, 0.1) is 66.2 Å². The molecule has 0 aliphatic heterocycles. The predicted octanol–water partition coefficient (Wildman–Crippen LogP) is 5.52. The Hall–Kier alpha value is -3.86. The number of aryl methyl sites for hydroxylation is 2. The van der Waals surface area contributed by atoms with Crippen molar-refractivity contribution in [3.8, 4) is 11.5 Å². The van der Waals surface area contributed by atoms with E-state index in [0.29, 0.717) is 47.2 Å². The van der Waals surface area contributed by atoms with Crippen LogP contribution in [-0.4, -0.2) is 63.0 Å². The second-order valence-corrected chi connectivity index (χ2v) is 9.01. The van der Waals surface area contributed by atoms with Gasteiger partial charge in [0.1, 0.15) is 23.2 Å². The van der Waals surface area contributed by atoms with Crippen molar-refractivity contribution in [2.45, 2.75) is 13.8 Å². The first-order valence-corrected chi connectivity index (χ1v) is 12.5. The Morgan fingerprint density at radius 3 is 2.31 bits per heavy atom. The second-order valence-electron chi connectivity index (χ2n) is 8.25. The highest BCUT2D eigenvalue weighted by molar-refractivity contribution is 6.42. The van der Waals surface area contributed by atoms with E-state index >= 15 is 0 Å². The molecule has 39 heavy (non-hydrogen) atoms. The molecule has 2 amide bonds. The van der Waals surface area contributed by atoms with Gasteiger partial charge in [0.15, 0.2) is 0 Å². The molecule has 1 heterocycles. The van der Waals surface area contributed by atoms with Crippen molar-refractivity contribution in [2.24, 2.45) is 4.99 Å². The third-order valence-electron chi connectivity index (χ3n) is 5.78. The van der Waals surface area contributed by atoms with Crippen LogP contribution in [0.25, 0.3) is 0 Å². The number of benzene rings is 2. The molecule has 2 aromatic carbocycles. The summed E-state index contributed by atoms with van der Waals surface area (Å²) in [6, 6.07) is 8.89. The summed E-state index contributed by atoms with van der Waals surface area (Å²) in [6.45, 7) is 4.18. The summed E-state index contributed by atoms with van der Waals surface area (Å²) in [4.78, 5) is 33.8. The molecule has 0 unspecified atom stereocenters. The highest BCUT2D eigenvalue weighted by atomic mass is 35.5. The van der Waals surface area contributed by atoms with Gasteiger partial charge in [0.25, 0.3) is 0 Å². The van der Waals surface area contributed by atoms with Gasteiger partial charge in [-0.2, -0.15) is 0 Å². The van der Waals surface area contributed by atoms with E-state index in [0.717, 1.165) is 11.1 Å². The zero-order chi connectivity index (χ0) is 28.5. The van der Waals surface area contributed by atoms with Crippen LogP contribution in [0.1, 0.15) is 16.7 Å². The first kappa shape index (κ1) is 29.7. The van der Waals surface area contributed by atoms with Crippen LogP contribution in [0.15, 0.2) is 41.5 Å². The number of amides is 2. The van der Waals surface area contributed by atoms with Crippen LogP contribution in [-0.2, 0) is 14.3 Å². The third-order valence-corrected chi connectivity index (χ3v) is 6.53. The van der Waals surface area contributed by atoms with Crippen molar-refractivity contribution in [3.63, 3.8) is 0 Å². The summed E-state index contributed by atoms with van der Waals surface area (Å²) in [5, 5.41) is 6.25. The number of ether oxygens (including phenoxy) is 3. The van der Waals surface area contributed by atoms with Crippen LogP contribution < -0.4 is 20.1 Å². The number of pyridine rings is 1. The molecular formula is C27H29Cl2N5O5. The van der Waals surface area contributed by atoms with E-state index in [1.165, 1.54) is 26.2 Å². The number of nitrogens with one attached hydrogen (secondary N) is 2. The lowest BCUT2D eigenvalue weighted by Crippen LogP contribution is -2.34. The topological polar surface area (TPSA) is 114 Å². The average molecular weight is 574 g/mol. The molecule has 0 atom stereocenters. The largest absolute Gasteiger partial charge is 0.495 e. The summed E-state index contributed by atoms with van der Waals surface area (Å²) in [5.41, 5.74) is 3.70. The molecule has 0 fully saturated rings. The molecule has 3 aromatic rings. The molecular weight excluding hydrogens is 545 g/mol. The summed E-state index contributed by atoms with van der Waals surface area (Å²) in [5.74, 6) is 1.29. The van der Waals surface area contributed by atoms with Gasteiger partial charge in [0, 0.05) is 13.2 Å². The van der Waals surface area contributed by atoms with Crippen molar-refractivity contribution < 1.29 is 23.8 Å². The fourth-order valence-electron chi connectivity index (χ4n) is 3.74. The van der Waals surface area contributed by atoms with Crippen LogP contribution >= 0.6 is 23.2 Å². The molecule has 3 rings (SSSR count). The van der Waals surface area contributed by atoms with Gasteiger partial charge >= 0.3 is 0 Å². The number of aromatic nitrogens is 1. The van der Waals surface area contributed by atoms with Crippen LogP contribution in [0.5, 0.6) is 11.5 Å². The Morgan fingerprint density at radius 1 is 1.05 bits per heavy atom. The molecule has 12 heteroatoms. The van der Waals surface area contributed by atoms with Gasteiger partial charge in [0.2, 0.25) is 12.8 Å². The second kappa shape index (κ2) is 13.8. The lowest BCUT2D eigenvalue weighted by molar-refractivity contribution is -0.115. The first-order chi connectivity index (χ1) is 18.8. The Morgan fingerprint density at radius 2 is 1.74 bits per heavy atom. The number of methoxy groups -OCH3 is 3. The minimum atomic E-state index is 0.157. The van der Waals surface area contributed by atoms with Crippen molar-refractivity contribution >= 4 is 64.7 Å². The van der Waals surface area contributed by atoms with E-state index in [-0.39, 0.29) is 34.6 Å². The number of carbonyl (C=O) groups excluding carboxylic acids is 2. The number of anilines is 3. The SMILES string of the molecule is COCCN(C=O)C(=Nc1cnc(Nc2c(C)cccc2NC=O)cc1C)c1c(Cl)c(OC)cc(OC)c1Cl. The highest BCUT2D eigenvalue weighted by Gasteiger charge is 2.25. The Labute approximate surface area is 236 Å². The van der Waals surface area contributed by atoms with Crippen LogP contribution in [0, 0.1) is 13.8 Å². The number of rotatable bonds is 12. The standard InChI is InChI=1S/C27H29Cl2N5O5/c1-16-7-6-8-18(31-14-35)26(16)33-22-11-17(2)19(13-30-22)32-27(34(15-36)9-10-37-3)23-24(28)20(38-4)12-21(39-5)25(23)29/h6-8,11-15H,9-10H2,1-5H3,(H,30,33)(H,31,35). The summed E-state index contributed by atoms with van der Waals surface area (Å²) < 4.78 is 16.0. The molecule has 0 radical (unpaired) electrons. The minimum Gasteiger partial charge on any atom is -0.495 e. The number of aliphatic imine (C=N–C) groups is 1. The van der Waals surface area contributed by atoms with Gasteiger partial charge in [-0.1, -0.05) is 35.3 Å². The molecule has 0 aliphatic carbocycles. The van der Waals surface area contributed by atoms with E-state index in [4.69, 9.17) is 42.4 Å². The number of carbonyl (C=O) groups is 2. The normalized spacial score (nSPS) is 11.1. The van der Waals surface area contributed by atoms with Gasteiger partial charge < -0.3 is 24.8 Å². The van der Waals surface area contributed by atoms with E-state index in [1.807, 2.05) is 26.0 Å². The van der Waals surface area contributed by atoms with Crippen molar-refractivity contribution in [1.82, 2.24) is 9.88 Å². The van der Waals surface area contributed by atoms with E-state index in [1.54, 1.807) is 24.4 Å². The summed E-state index contributed by atoms with van der Waals surface area (Å²) in [7, 11) is 4.45. The Kier molecular flexibility index (Phi) is 10.5. The molecule has 1 aromatic heterocycles. The predicted molar refractivity (Wildman–Crippen MR) is 154 cm³/mol. The number of amidine groups is 1. The quantitative estimate of drug-likeness (QED) is 0.166. The number of halogens is 2. The maximum absolute atomic E-state index is 12.2. The van der Waals surface area contributed by atoms with Gasteiger partial charge in [-0.3, -0.25) is 14.5 Å². The van der Waals surface area contributed by atoms with Gasteiger partial charge in [-0.05, 0) is 37.1 Å². The Bertz CT molecular complexity index is 1350. The molecule has 0 spiro atoms. The monoisotopic (exact) mass is 573 g/mol. The zero-order valence-electron chi connectivity index (χ0n) is 22.2. The molecule has 0 aliphatic rings. The summed E-state index contributed by atoms with van der Waals surface area (Å²) in [6.07, 6.45) is 2.79. The van der Waals surface area contributed by atoms with E-state index in [9.17, 15) is 9.59 Å². The molecule has 2 N–H and O–H groups in total. The first-order valence-electron chi connectivity index (χ1n) is 11.7. The van der Waals surface area contributed by atoms with Crippen LogP contribution in [0.4, 0.5) is 22.9 Å². The molecule has 206 valence electrons. The number of para-hydroxylation sites is 1. The minimum absolute atomic E-state index is 0.157.